The van der Waals surface area contributed by atoms with Crippen molar-refractivity contribution in [3.63, 3.8) is 0 Å². The van der Waals surface area contributed by atoms with E-state index in [1.165, 1.54) is 11.8 Å². The fraction of sp³-hybridized carbons (Fsp3) is 0.316. The number of benzene rings is 1. The second-order valence-electron chi connectivity index (χ2n) is 6.06. The molecule has 1 aromatic heterocycles. The van der Waals surface area contributed by atoms with Crippen LogP contribution in [-0.4, -0.2) is 53.7 Å². The van der Waals surface area contributed by atoms with Crippen LogP contribution in [0.1, 0.15) is 6.92 Å². The Balaban J connectivity index is 1.64. The number of hydrogen-bond donors (Lipinski definition) is 0. The van der Waals surface area contributed by atoms with Crippen LogP contribution in [0.5, 0.6) is 5.75 Å². The summed E-state index contributed by atoms with van der Waals surface area (Å²) in [5.74, 6) is 0.898. The minimum atomic E-state index is -0.0989. The smallest absolute Gasteiger partial charge is 0.246 e. The average molecular weight is 371 g/mol. The molecule has 1 fully saturated rings. The molecule has 7 heteroatoms. The van der Waals surface area contributed by atoms with Gasteiger partial charge in [0, 0.05) is 35.6 Å². The van der Waals surface area contributed by atoms with Gasteiger partial charge >= 0.3 is 0 Å². The van der Waals surface area contributed by atoms with Gasteiger partial charge in [0.2, 0.25) is 11.8 Å². The van der Waals surface area contributed by atoms with Gasteiger partial charge in [-0.25, -0.2) is 0 Å². The lowest BCUT2D eigenvalue weighted by atomic mass is 10.1. The summed E-state index contributed by atoms with van der Waals surface area (Å²) in [4.78, 5) is 33.5. The maximum absolute atomic E-state index is 12.7. The van der Waals surface area contributed by atoms with Crippen molar-refractivity contribution in [3.05, 3.63) is 48.8 Å². The molecule has 0 spiro atoms. The van der Waals surface area contributed by atoms with Crippen LogP contribution in [0.3, 0.4) is 0 Å². The highest BCUT2D eigenvalue weighted by molar-refractivity contribution is 8.00. The van der Waals surface area contributed by atoms with E-state index in [4.69, 9.17) is 4.74 Å². The molecule has 0 radical (unpaired) electrons. The number of rotatable bonds is 5. The minimum absolute atomic E-state index is 0.0303. The van der Waals surface area contributed by atoms with Crippen molar-refractivity contribution in [1.29, 1.82) is 0 Å². The summed E-state index contributed by atoms with van der Waals surface area (Å²) in [6.45, 7) is 2.56. The molecule has 3 rings (SSSR count). The van der Waals surface area contributed by atoms with Crippen LogP contribution >= 0.6 is 11.8 Å². The third kappa shape index (κ3) is 4.16. The number of carbonyl (C=O) groups excluding carboxylic acids is 2. The number of pyridine rings is 1. The van der Waals surface area contributed by atoms with Gasteiger partial charge in [0.1, 0.15) is 12.3 Å². The van der Waals surface area contributed by atoms with Crippen LogP contribution in [-0.2, 0) is 9.59 Å². The average Bonchev–Trinajstić information content (AvgIpc) is 2.66. The maximum Gasteiger partial charge on any atom is 0.246 e. The molecule has 2 heterocycles. The first-order valence-corrected chi connectivity index (χ1v) is 9.33. The molecule has 2 aromatic rings. The lowest BCUT2D eigenvalue weighted by Crippen LogP contribution is -2.57. The van der Waals surface area contributed by atoms with E-state index in [0.717, 1.165) is 10.6 Å². The van der Waals surface area contributed by atoms with Gasteiger partial charge in [0.05, 0.1) is 18.9 Å². The van der Waals surface area contributed by atoms with E-state index in [1.54, 1.807) is 29.3 Å². The van der Waals surface area contributed by atoms with Gasteiger partial charge in [-0.15, -0.1) is 11.8 Å². The van der Waals surface area contributed by atoms with Crippen LogP contribution in [0.25, 0.3) is 0 Å². The van der Waals surface area contributed by atoms with Crippen molar-refractivity contribution < 1.29 is 14.3 Å². The van der Waals surface area contributed by atoms with E-state index in [1.807, 2.05) is 43.3 Å². The topological polar surface area (TPSA) is 62.7 Å². The van der Waals surface area contributed by atoms with E-state index < -0.39 is 0 Å². The molecule has 1 aromatic carbocycles. The van der Waals surface area contributed by atoms with Crippen LogP contribution in [0.2, 0.25) is 0 Å². The van der Waals surface area contributed by atoms with Crippen LogP contribution in [0.15, 0.2) is 53.7 Å². The monoisotopic (exact) mass is 371 g/mol. The Morgan fingerprint density at radius 3 is 2.77 bits per heavy atom. The Morgan fingerprint density at radius 1 is 1.31 bits per heavy atom. The van der Waals surface area contributed by atoms with Crippen LogP contribution < -0.4 is 9.64 Å². The zero-order valence-electron chi connectivity index (χ0n) is 14.8. The first kappa shape index (κ1) is 18.3. The molecule has 0 aliphatic carbocycles. The first-order valence-electron chi connectivity index (χ1n) is 8.35. The second-order valence-corrected chi connectivity index (χ2v) is 7.11. The van der Waals surface area contributed by atoms with Crippen molar-refractivity contribution >= 4 is 29.3 Å². The number of nitrogens with zero attached hydrogens (tertiary/aromatic N) is 3. The molecule has 26 heavy (non-hydrogen) atoms. The highest BCUT2D eigenvalue weighted by Crippen LogP contribution is 2.26. The molecule has 2 amide bonds. The van der Waals surface area contributed by atoms with E-state index in [-0.39, 0.29) is 24.4 Å². The van der Waals surface area contributed by atoms with Gasteiger partial charge in [-0.05, 0) is 31.2 Å². The van der Waals surface area contributed by atoms with Gasteiger partial charge in [0.15, 0.2) is 0 Å². The van der Waals surface area contributed by atoms with E-state index in [9.17, 15) is 9.59 Å². The summed E-state index contributed by atoms with van der Waals surface area (Å²) in [6, 6.07) is 11.1. The summed E-state index contributed by atoms with van der Waals surface area (Å²) < 4.78 is 5.24. The fourth-order valence-electron chi connectivity index (χ4n) is 2.97. The molecule has 1 saturated heterocycles. The van der Waals surface area contributed by atoms with Crippen molar-refractivity contribution in [2.75, 3.05) is 30.9 Å². The second kappa shape index (κ2) is 8.23. The summed E-state index contributed by atoms with van der Waals surface area (Å²) in [7, 11) is 1.60. The third-order valence-electron chi connectivity index (χ3n) is 4.22. The van der Waals surface area contributed by atoms with Gasteiger partial charge < -0.3 is 14.5 Å². The normalized spacial score (nSPS) is 17.3. The Hall–Kier alpha value is -2.54. The molecule has 6 nitrogen and oxygen atoms in total. The van der Waals surface area contributed by atoms with E-state index in [0.29, 0.717) is 18.0 Å². The predicted molar refractivity (Wildman–Crippen MR) is 101 cm³/mol. The zero-order chi connectivity index (χ0) is 18.5. The van der Waals surface area contributed by atoms with Crippen molar-refractivity contribution in [1.82, 2.24) is 9.88 Å². The summed E-state index contributed by atoms with van der Waals surface area (Å²) in [6.07, 6.45) is 3.40. The summed E-state index contributed by atoms with van der Waals surface area (Å²) >= 11 is 1.45. The van der Waals surface area contributed by atoms with Crippen molar-refractivity contribution in [2.24, 2.45) is 0 Å². The molecule has 0 bridgehead atoms. The molecule has 0 saturated carbocycles. The predicted octanol–water partition coefficient (Wildman–Crippen LogP) is 2.45. The molecular formula is C19H21N3O3S. The molecular weight excluding hydrogens is 350 g/mol. The number of amides is 2. The zero-order valence-corrected chi connectivity index (χ0v) is 15.6. The number of anilines is 1. The SMILES string of the molecule is COc1cccc(N2C(=O)CN(C(=O)CSc3ccncc3)CC2C)c1. The molecule has 0 N–H and O–H groups in total. The largest absolute Gasteiger partial charge is 0.497 e. The van der Waals surface area contributed by atoms with E-state index >= 15 is 0 Å². The summed E-state index contributed by atoms with van der Waals surface area (Å²) in [5, 5.41) is 0. The number of methoxy groups -OCH3 is 1. The quantitative estimate of drug-likeness (QED) is 0.756. The lowest BCUT2D eigenvalue weighted by Gasteiger charge is -2.39. The standard InChI is InChI=1S/C19H21N3O3S/c1-14-11-21(19(24)13-26-17-6-8-20-9-7-17)12-18(23)22(14)15-4-3-5-16(10-15)25-2/h3-10,14H,11-13H2,1-2H3. The number of piperazine rings is 1. The van der Waals surface area contributed by atoms with Gasteiger partial charge in [-0.2, -0.15) is 0 Å². The number of aromatic nitrogens is 1. The number of hydrogen-bond acceptors (Lipinski definition) is 5. The Kier molecular flexibility index (Phi) is 5.78. The molecule has 1 aliphatic heterocycles. The van der Waals surface area contributed by atoms with Crippen molar-refractivity contribution in [3.8, 4) is 5.75 Å². The highest BCUT2D eigenvalue weighted by atomic mass is 32.2. The van der Waals surface area contributed by atoms with Gasteiger partial charge in [-0.1, -0.05) is 6.07 Å². The summed E-state index contributed by atoms with van der Waals surface area (Å²) in [5.41, 5.74) is 0.792. The van der Waals surface area contributed by atoms with Gasteiger partial charge in [0.25, 0.3) is 0 Å². The molecule has 136 valence electrons. The minimum Gasteiger partial charge on any atom is -0.497 e. The Labute approximate surface area is 157 Å². The van der Waals surface area contributed by atoms with Gasteiger partial charge in [-0.3, -0.25) is 14.6 Å². The Morgan fingerprint density at radius 2 is 2.08 bits per heavy atom. The van der Waals surface area contributed by atoms with Crippen molar-refractivity contribution in [2.45, 2.75) is 17.9 Å². The maximum atomic E-state index is 12.7. The lowest BCUT2D eigenvalue weighted by molar-refractivity contribution is -0.135. The third-order valence-corrected chi connectivity index (χ3v) is 5.21. The first-order chi connectivity index (χ1) is 12.6. The van der Waals surface area contributed by atoms with Crippen LogP contribution in [0.4, 0.5) is 5.69 Å². The number of carbonyl (C=O) groups is 2. The molecule has 1 unspecified atom stereocenters. The fourth-order valence-corrected chi connectivity index (χ4v) is 3.76. The highest BCUT2D eigenvalue weighted by Gasteiger charge is 2.33. The molecule has 1 aliphatic rings. The number of ether oxygens (including phenoxy) is 1. The van der Waals surface area contributed by atoms with E-state index in [2.05, 4.69) is 4.98 Å². The number of thioether (sulfide) groups is 1. The molecule has 1 atom stereocenters. The van der Waals surface area contributed by atoms with Crippen LogP contribution in [0, 0.1) is 0 Å². The Bertz CT molecular complexity index is 785.